The molecular formula is C14H15N3O3. The number of carbonyl (C=O) groups is 3. The van der Waals surface area contributed by atoms with Gasteiger partial charge in [-0.1, -0.05) is 12.1 Å². The molecule has 0 radical (unpaired) electrons. The lowest BCUT2D eigenvalue weighted by molar-refractivity contribution is -0.128. The van der Waals surface area contributed by atoms with Gasteiger partial charge >= 0.3 is 6.03 Å². The van der Waals surface area contributed by atoms with Crippen LogP contribution in [0.1, 0.15) is 28.8 Å². The van der Waals surface area contributed by atoms with Gasteiger partial charge in [-0.2, -0.15) is 0 Å². The number of hydrogen-bond donors (Lipinski definition) is 1. The molecule has 1 aromatic carbocycles. The molecule has 2 heterocycles. The highest BCUT2D eigenvalue weighted by molar-refractivity contribution is 6.04. The van der Waals surface area contributed by atoms with Crippen molar-refractivity contribution in [3.05, 3.63) is 35.4 Å². The fourth-order valence-electron chi connectivity index (χ4n) is 2.78. The van der Waals surface area contributed by atoms with Gasteiger partial charge in [0.25, 0.3) is 5.91 Å². The number of nitrogens with zero attached hydrogens (tertiary/aromatic N) is 2. The zero-order chi connectivity index (χ0) is 14.3. The van der Waals surface area contributed by atoms with Crippen molar-refractivity contribution in [2.24, 2.45) is 5.73 Å². The molecule has 1 atom stereocenters. The SMILES string of the molecule is NC(=O)c1ccc(CN2C(=O)[C@@H]3CCCN3C2=O)cc1. The van der Waals surface area contributed by atoms with Crippen LogP contribution >= 0.6 is 0 Å². The first-order valence-corrected chi connectivity index (χ1v) is 6.58. The molecule has 2 fully saturated rings. The number of amides is 4. The monoisotopic (exact) mass is 273 g/mol. The zero-order valence-electron chi connectivity index (χ0n) is 10.9. The Labute approximate surface area is 116 Å². The summed E-state index contributed by atoms with van der Waals surface area (Å²) < 4.78 is 0. The maximum Gasteiger partial charge on any atom is 0.327 e. The second-order valence-corrected chi connectivity index (χ2v) is 5.12. The molecule has 2 aliphatic heterocycles. The third-order valence-corrected chi connectivity index (χ3v) is 3.86. The first kappa shape index (κ1) is 12.7. The Morgan fingerprint density at radius 2 is 1.95 bits per heavy atom. The molecule has 0 saturated carbocycles. The lowest BCUT2D eigenvalue weighted by Crippen LogP contribution is -2.32. The van der Waals surface area contributed by atoms with Crippen LogP contribution in [0.3, 0.4) is 0 Å². The number of fused-ring (bicyclic) bond motifs is 1. The van der Waals surface area contributed by atoms with Crippen molar-refractivity contribution in [3.8, 4) is 0 Å². The number of primary amides is 1. The van der Waals surface area contributed by atoms with Crippen LogP contribution in [0.15, 0.2) is 24.3 Å². The van der Waals surface area contributed by atoms with E-state index < -0.39 is 5.91 Å². The van der Waals surface area contributed by atoms with Gasteiger partial charge in [0.05, 0.1) is 6.54 Å². The first-order chi connectivity index (χ1) is 9.58. The van der Waals surface area contributed by atoms with E-state index in [2.05, 4.69) is 0 Å². The summed E-state index contributed by atoms with van der Waals surface area (Å²) in [7, 11) is 0. The second kappa shape index (κ2) is 4.63. The lowest BCUT2D eigenvalue weighted by Gasteiger charge is -2.15. The van der Waals surface area contributed by atoms with Crippen LogP contribution in [0.5, 0.6) is 0 Å². The van der Waals surface area contributed by atoms with Crippen molar-refractivity contribution >= 4 is 17.8 Å². The first-order valence-electron chi connectivity index (χ1n) is 6.58. The van der Waals surface area contributed by atoms with Crippen LogP contribution in [-0.4, -0.2) is 40.2 Å². The summed E-state index contributed by atoms with van der Waals surface area (Å²) in [5.41, 5.74) is 6.38. The second-order valence-electron chi connectivity index (χ2n) is 5.12. The van der Waals surface area contributed by atoms with Crippen molar-refractivity contribution in [2.75, 3.05) is 6.54 Å². The molecule has 0 aliphatic carbocycles. The van der Waals surface area contributed by atoms with E-state index in [4.69, 9.17) is 5.73 Å². The fourth-order valence-corrected chi connectivity index (χ4v) is 2.78. The third-order valence-electron chi connectivity index (χ3n) is 3.86. The molecule has 1 aromatic rings. The van der Waals surface area contributed by atoms with Gasteiger partial charge in [0, 0.05) is 12.1 Å². The Morgan fingerprint density at radius 1 is 1.25 bits per heavy atom. The predicted molar refractivity (Wildman–Crippen MR) is 70.6 cm³/mol. The fraction of sp³-hybridized carbons (Fsp3) is 0.357. The van der Waals surface area contributed by atoms with Crippen molar-refractivity contribution in [2.45, 2.75) is 25.4 Å². The Bertz CT molecular complexity index is 560. The summed E-state index contributed by atoms with van der Waals surface area (Å²) in [5, 5.41) is 0. The maximum absolute atomic E-state index is 12.2. The number of benzene rings is 1. The molecule has 104 valence electrons. The molecule has 0 spiro atoms. The number of carbonyl (C=O) groups excluding carboxylic acids is 3. The summed E-state index contributed by atoms with van der Waals surface area (Å²) >= 11 is 0. The smallest absolute Gasteiger partial charge is 0.327 e. The van der Waals surface area contributed by atoms with Crippen LogP contribution in [0.25, 0.3) is 0 Å². The molecule has 6 heteroatoms. The Kier molecular flexibility index (Phi) is 2.93. The van der Waals surface area contributed by atoms with Gasteiger partial charge in [0.2, 0.25) is 5.91 Å². The van der Waals surface area contributed by atoms with Crippen molar-refractivity contribution < 1.29 is 14.4 Å². The van der Waals surface area contributed by atoms with E-state index in [0.717, 1.165) is 18.4 Å². The quantitative estimate of drug-likeness (QED) is 0.823. The minimum atomic E-state index is -0.495. The molecule has 2 aliphatic rings. The van der Waals surface area contributed by atoms with Gasteiger partial charge in [-0.15, -0.1) is 0 Å². The summed E-state index contributed by atoms with van der Waals surface area (Å²) in [5.74, 6) is -0.614. The van der Waals surface area contributed by atoms with Crippen LogP contribution in [-0.2, 0) is 11.3 Å². The van der Waals surface area contributed by atoms with Crippen LogP contribution in [0.4, 0.5) is 4.79 Å². The summed E-state index contributed by atoms with van der Waals surface area (Å²) in [4.78, 5) is 38.2. The summed E-state index contributed by atoms with van der Waals surface area (Å²) in [6, 6.07) is 6.14. The van der Waals surface area contributed by atoms with Crippen LogP contribution in [0, 0.1) is 0 Å². The third kappa shape index (κ3) is 1.93. The molecule has 20 heavy (non-hydrogen) atoms. The van der Waals surface area contributed by atoms with Crippen LogP contribution in [0.2, 0.25) is 0 Å². The van der Waals surface area contributed by atoms with Crippen molar-refractivity contribution in [1.82, 2.24) is 9.80 Å². The van der Waals surface area contributed by atoms with Gasteiger partial charge < -0.3 is 10.6 Å². The Hall–Kier alpha value is -2.37. The largest absolute Gasteiger partial charge is 0.366 e. The molecular weight excluding hydrogens is 258 g/mol. The van der Waals surface area contributed by atoms with Crippen molar-refractivity contribution in [3.63, 3.8) is 0 Å². The highest BCUT2D eigenvalue weighted by Crippen LogP contribution is 2.28. The van der Waals surface area contributed by atoms with E-state index in [-0.39, 0.29) is 24.5 Å². The zero-order valence-corrected chi connectivity index (χ0v) is 10.9. The van der Waals surface area contributed by atoms with Crippen molar-refractivity contribution in [1.29, 1.82) is 0 Å². The average molecular weight is 273 g/mol. The number of imide groups is 1. The predicted octanol–water partition coefficient (Wildman–Crippen LogP) is 0.712. The molecule has 2 saturated heterocycles. The van der Waals surface area contributed by atoms with E-state index in [9.17, 15) is 14.4 Å². The average Bonchev–Trinajstić information content (AvgIpc) is 2.99. The highest BCUT2D eigenvalue weighted by Gasteiger charge is 2.47. The summed E-state index contributed by atoms with van der Waals surface area (Å²) in [6.07, 6.45) is 1.64. The van der Waals surface area contributed by atoms with Crippen LogP contribution < -0.4 is 5.73 Å². The van der Waals surface area contributed by atoms with E-state index in [1.807, 2.05) is 0 Å². The Balaban J connectivity index is 1.76. The molecule has 2 N–H and O–H groups in total. The summed E-state index contributed by atoms with van der Waals surface area (Å²) in [6.45, 7) is 0.899. The number of urea groups is 1. The highest BCUT2D eigenvalue weighted by atomic mass is 16.2. The number of nitrogens with two attached hydrogens (primary N) is 1. The molecule has 0 aromatic heterocycles. The molecule has 0 unspecified atom stereocenters. The molecule has 6 nitrogen and oxygen atoms in total. The van der Waals surface area contributed by atoms with Gasteiger partial charge in [0.1, 0.15) is 6.04 Å². The van der Waals surface area contributed by atoms with E-state index in [0.29, 0.717) is 12.1 Å². The Morgan fingerprint density at radius 3 is 2.55 bits per heavy atom. The molecule has 0 bridgehead atoms. The van der Waals surface area contributed by atoms with E-state index in [1.165, 1.54) is 4.90 Å². The van der Waals surface area contributed by atoms with Gasteiger partial charge in [-0.3, -0.25) is 14.5 Å². The molecule has 4 amide bonds. The number of rotatable bonds is 3. The molecule has 3 rings (SSSR count). The topological polar surface area (TPSA) is 83.7 Å². The maximum atomic E-state index is 12.2. The number of hydrogen-bond acceptors (Lipinski definition) is 3. The van der Waals surface area contributed by atoms with E-state index in [1.54, 1.807) is 29.2 Å². The standard InChI is InChI=1S/C14H15N3O3/c15-12(18)10-5-3-9(4-6-10)8-17-13(19)11-2-1-7-16(11)14(17)20/h3-6,11H,1-2,7-8H2,(H2,15,18)/t11-/m0/s1. The van der Waals surface area contributed by atoms with E-state index >= 15 is 0 Å². The minimum Gasteiger partial charge on any atom is -0.366 e. The van der Waals surface area contributed by atoms with Gasteiger partial charge in [-0.05, 0) is 30.5 Å². The van der Waals surface area contributed by atoms with Gasteiger partial charge in [-0.25, -0.2) is 4.79 Å². The lowest BCUT2D eigenvalue weighted by atomic mass is 10.1. The van der Waals surface area contributed by atoms with Gasteiger partial charge in [0.15, 0.2) is 0 Å². The minimum absolute atomic E-state index is 0.119. The normalized spacial score (nSPS) is 21.5.